The second kappa shape index (κ2) is 8.48. The van der Waals surface area contributed by atoms with Crippen LogP contribution in [0, 0.1) is 17.8 Å². The smallest absolute Gasteiger partial charge is 0.305 e. The number of ether oxygens (including phenoxy) is 1. The van der Waals surface area contributed by atoms with Gasteiger partial charge in [0.15, 0.2) is 0 Å². The molecule has 4 nitrogen and oxygen atoms in total. The molecule has 2 N–H and O–H groups in total. The first-order valence-electron chi connectivity index (χ1n) is 6.28. The van der Waals surface area contributed by atoms with Crippen molar-refractivity contribution in [2.45, 2.75) is 46.1 Å². The fourth-order valence-electron chi connectivity index (χ4n) is 2.03. The van der Waals surface area contributed by atoms with Crippen LogP contribution in [-0.4, -0.2) is 36.0 Å². The highest BCUT2D eigenvalue weighted by atomic mass is 16.5. The standard InChI is InChI=1S/C13H26O4/c1-9(5-6-12(15)17-4)7-10(2)13(16)11(3)8-14/h9-11,13-14,16H,5-8H2,1-4H3/t9-,10+,11-,13+/m1/s1. The number of aliphatic hydroxyl groups is 2. The first kappa shape index (κ1) is 16.4. The molecule has 0 unspecified atom stereocenters. The van der Waals surface area contributed by atoms with Gasteiger partial charge < -0.3 is 14.9 Å². The molecule has 0 fully saturated rings. The number of hydrogen-bond donors (Lipinski definition) is 2. The highest BCUT2D eigenvalue weighted by molar-refractivity contribution is 5.69. The lowest BCUT2D eigenvalue weighted by atomic mass is 9.85. The summed E-state index contributed by atoms with van der Waals surface area (Å²) < 4.78 is 4.59. The minimum atomic E-state index is -0.486. The van der Waals surface area contributed by atoms with Crippen molar-refractivity contribution in [2.75, 3.05) is 13.7 Å². The molecule has 4 atom stereocenters. The molecule has 0 bridgehead atoms. The van der Waals surface area contributed by atoms with Gasteiger partial charge in [0.05, 0.1) is 13.2 Å². The molecule has 0 spiro atoms. The maximum Gasteiger partial charge on any atom is 0.305 e. The van der Waals surface area contributed by atoms with Crippen molar-refractivity contribution in [1.29, 1.82) is 0 Å². The second-order valence-electron chi connectivity index (χ2n) is 5.08. The Balaban J connectivity index is 3.94. The molecule has 0 saturated heterocycles. The van der Waals surface area contributed by atoms with Gasteiger partial charge in [-0.05, 0) is 24.7 Å². The number of methoxy groups -OCH3 is 1. The normalized spacial score (nSPS) is 18.2. The van der Waals surface area contributed by atoms with Crippen LogP contribution in [0.3, 0.4) is 0 Å². The van der Waals surface area contributed by atoms with Crippen LogP contribution in [0.2, 0.25) is 0 Å². The minimum absolute atomic E-state index is 0.00203. The molecule has 0 aromatic carbocycles. The number of aliphatic hydroxyl groups excluding tert-OH is 2. The van der Waals surface area contributed by atoms with E-state index >= 15 is 0 Å². The summed E-state index contributed by atoms with van der Waals surface area (Å²) in [6, 6.07) is 0. The zero-order valence-electron chi connectivity index (χ0n) is 11.3. The molecular formula is C13H26O4. The van der Waals surface area contributed by atoms with Crippen molar-refractivity contribution in [3.05, 3.63) is 0 Å². The molecule has 102 valence electrons. The predicted octanol–water partition coefficient (Wildman–Crippen LogP) is 1.59. The average molecular weight is 246 g/mol. The van der Waals surface area contributed by atoms with Gasteiger partial charge in [-0.3, -0.25) is 4.79 Å². The number of rotatable bonds is 8. The van der Waals surface area contributed by atoms with Gasteiger partial charge in [0.25, 0.3) is 0 Å². The van der Waals surface area contributed by atoms with E-state index in [1.165, 1.54) is 7.11 Å². The van der Waals surface area contributed by atoms with E-state index < -0.39 is 6.10 Å². The summed E-state index contributed by atoms with van der Waals surface area (Å²) in [5, 5.41) is 18.9. The maximum atomic E-state index is 11.0. The van der Waals surface area contributed by atoms with Crippen LogP contribution in [0.15, 0.2) is 0 Å². The van der Waals surface area contributed by atoms with E-state index in [0.29, 0.717) is 12.3 Å². The lowest BCUT2D eigenvalue weighted by molar-refractivity contribution is -0.140. The summed E-state index contributed by atoms with van der Waals surface area (Å²) >= 11 is 0. The third-order valence-electron chi connectivity index (χ3n) is 3.30. The fraction of sp³-hybridized carbons (Fsp3) is 0.923. The quantitative estimate of drug-likeness (QED) is 0.638. The Morgan fingerprint density at radius 2 is 1.82 bits per heavy atom. The summed E-state index contributed by atoms with van der Waals surface area (Å²) in [4.78, 5) is 11.0. The molecule has 0 aromatic rings. The summed E-state index contributed by atoms with van der Waals surface area (Å²) in [5.41, 5.74) is 0. The largest absolute Gasteiger partial charge is 0.469 e. The highest BCUT2D eigenvalue weighted by Crippen LogP contribution is 2.23. The van der Waals surface area contributed by atoms with Crippen LogP contribution in [0.1, 0.15) is 40.0 Å². The molecule has 0 aliphatic heterocycles. The Labute approximate surface area is 104 Å². The predicted molar refractivity (Wildman–Crippen MR) is 66.5 cm³/mol. The molecule has 0 saturated carbocycles. The van der Waals surface area contributed by atoms with Crippen molar-refractivity contribution in [3.8, 4) is 0 Å². The van der Waals surface area contributed by atoms with Crippen molar-refractivity contribution in [2.24, 2.45) is 17.8 Å². The van der Waals surface area contributed by atoms with E-state index in [1.54, 1.807) is 0 Å². The molecule has 0 aliphatic rings. The van der Waals surface area contributed by atoms with Crippen LogP contribution in [0.5, 0.6) is 0 Å². The SMILES string of the molecule is COC(=O)CC[C@@H](C)C[C@H](C)[C@H](O)[C@H](C)CO. The van der Waals surface area contributed by atoms with E-state index in [2.05, 4.69) is 11.7 Å². The Bertz CT molecular complexity index is 217. The van der Waals surface area contributed by atoms with Crippen molar-refractivity contribution < 1.29 is 19.7 Å². The topological polar surface area (TPSA) is 66.8 Å². The van der Waals surface area contributed by atoms with Crippen molar-refractivity contribution in [1.82, 2.24) is 0 Å². The minimum Gasteiger partial charge on any atom is -0.469 e. The van der Waals surface area contributed by atoms with E-state index in [0.717, 1.165) is 12.8 Å². The van der Waals surface area contributed by atoms with Crippen LogP contribution in [0.4, 0.5) is 0 Å². The Morgan fingerprint density at radius 1 is 1.24 bits per heavy atom. The molecule has 0 heterocycles. The summed E-state index contributed by atoms with van der Waals surface area (Å²) in [6.45, 7) is 5.88. The van der Waals surface area contributed by atoms with E-state index in [1.807, 2.05) is 13.8 Å². The van der Waals surface area contributed by atoms with Gasteiger partial charge >= 0.3 is 5.97 Å². The highest BCUT2D eigenvalue weighted by Gasteiger charge is 2.22. The van der Waals surface area contributed by atoms with Gasteiger partial charge in [-0.1, -0.05) is 20.8 Å². The fourth-order valence-corrected chi connectivity index (χ4v) is 2.03. The average Bonchev–Trinajstić information content (AvgIpc) is 2.33. The molecule has 0 amide bonds. The monoisotopic (exact) mass is 246 g/mol. The zero-order valence-corrected chi connectivity index (χ0v) is 11.3. The molecule has 0 aromatic heterocycles. The van der Waals surface area contributed by atoms with E-state index in [9.17, 15) is 9.90 Å². The third-order valence-corrected chi connectivity index (χ3v) is 3.30. The van der Waals surface area contributed by atoms with Gasteiger partial charge in [0, 0.05) is 18.9 Å². The summed E-state index contributed by atoms with van der Waals surface area (Å²) in [6.07, 6.45) is 1.57. The van der Waals surface area contributed by atoms with Gasteiger partial charge in [-0.2, -0.15) is 0 Å². The van der Waals surface area contributed by atoms with Gasteiger partial charge in [0.1, 0.15) is 0 Å². The molecule has 0 aliphatic carbocycles. The Morgan fingerprint density at radius 3 is 2.29 bits per heavy atom. The number of hydrogen-bond acceptors (Lipinski definition) is 4. The van der Waals surface area contributed by atoms with Crippen LogP contribution in [-0.2, 0) is 9.53 Å². The molecule has 0 rings (SSSR count). The maximum absolute atomic E-state index is 11.0. The van der Waals surface area contributed by atoms with Crippen LogP contribution in [0.25, 0.3) is 0 Å². The first-order chi connectivity index (χ1) is 7.92. The Kier molecular flexibility index (Phi) is 8.17. The number of carbonyl (C=O) groups is 1. The first-order valence-corrected chi connectivity index (χ1v) is 6.28. The number of carbonyl (C=O) groups excluding carboxylic acids is 1. The van der Waals surface area contributed by atoms with E-state index in [4.69, 9.17) is 5.11 Å². The lowest BCUT2D eigenvalue weighted by Gasteiger charge is -2.25. The Hall–Kier alpha value is -0.610. The summed E-state index contributed by atoms with van der Waals surface area (Å²) in [7, 11) is 1.39. The lowest BCUT2D eigenvalue weighted by Crippen LogP contribution is -2.29. The second-order valence-corrected chi connectivity index (χ2v) is 5.08. The van der Waals surface area contributed by atoms with Crippen molar-refractivity contribution >= 4 is 5.97 Å². The zero-order chi connectivity index (χ0) is 13.4. The number of esters is 1. The van der Waals surface area contributed by atoms with Crippen molar-refractivity contribution in [3.63, 3.8) is 0 Å². The molecule has 0 radical (unpaired) electrons. The molecule has 4 heteroatoms. The van der Waals surface area contributed by atoms with Crippen LogP contribution >= 0.6 is 0 Å². The van der Waals surface area contributed by atoms with Gasteiger partial charge in [-0.25, -0.2) is 0 Å². The van der Waals surface area contributed by atoms with E-state index in [-0.39, 0.29) is 24.4 Å². The van der Waals surface area contributed by atoms with Gasteiger partial charge in [0.2, 0.25) is 0 Å². The summed E-state index contributed by atoms with van der Waals surface area (Å²) in [5.74, 6) is 0.209. The molecule has 17 heavy (non-hydrogen) atoms. The van der Waals surface area contributed by atoms with Crippen LogP contribution < -0.4 is 0 Å². The third kappa shape index (κ3) is 6.64. The molecular weight excluding hydrogens is 220 g/mol. The van der Waals surface area contributed by atoms with Gasteiger partial charge in [-0.15, -0.1) is 0 Å².